The van der Waals surface area contributed by atoms with E-state index in [1.807, 2.05) is 7.05 Å². The molecule has 0 fully saturated rings. The highest BCUT2D eigenvalue weighted by Gasteiger charge is 2.15. The molecule has 2 aromatic rings. The smallest absolute Gasteiger partial charge is 0.387 e. The number of aryl methyl sites for hydroxylation is 2. The summed E-state index contributed by atoms with van der Waals surface area (Å²) < 4.78 is 28.7. The van der Waals surface area contributed by atoms with E-state index in [4.69, 9.17) is 0 Å². The van der Waals surface area contributed by atoms with Crippen molar-refractivity contribution in [3.63, 3.8) is 0 Å². The monoisotopic (exact) mass is 291 g/mol. The third-order valence-corrected chi connectivity index (χ3v) is 3.47. The van der Waals surface area contributed by atoms with E-state index in [9.17, 15) is 8.78 Å². The number of halogens is 2. The first-order valence-electron chi connectivity index (χ1n) is 6.80. The van der Waals surface area contributed by atoms with E-state index in [0.717, 1.165) is 5.56 Å². The number of nitrogens with one attached hydrogen (secondary N) is 1. The second-order valence-electron chi connectivity index (χ2n) is 5.03. The van der Waals surface area contributed by atoms with Crippen molar-refractivity contribution in [2.24, 2.45) is 0 Å². The molecule has 0 radical (unpaired) electrons. The Bertz CT molecular complexity index is 596. The summed E-state index contributed by atoms with van der Waals surface area (Å²) in [6, 6.07) is 13.1. The molecule has 0 amide bonds. The first-order chi connectivity index (χ1) is 10.0. The SMILES string of the molecule is CNC(c1ccc(OC(F)F)cc1)c1cc(C)ccc1C. The zero-order valence-corrected chi connectivity index (χ0v) is 12.4. The maximum absolute atomic E-state index is 12.2. The Morgan fingerprint density at radius 3 is 2.24 bits per heavy atom. The van der Waals surface area contributed by atoms with Gasteiger partial charge >= 0.3 is 6.61 Å². The van der Waals surface area contributed by atoms with Crippen molar-refractivity contribution in [3.8, 4) is 5.75 Å². The summed E-state index contributed by atoms with van der Waals surface area (Å²) >= 11 is 0. The molecule has 0 saturated heterocycles. The van der Waals surface area contributed by atoms with E-state index in [1.165, 1.54) is 16.7 Å². The molecular weight excluding hydrogens is 272 g/mol. The molecule has 0 spiro atoms. The van der Waals surface area contributed by atoms with Gasteiger partial charge in [0.1, 0.15) is 5.75 Å². The van der Waals surface area contributed by atoms with E-state index < -0.39 is 6.61 Å². The number of hydrogen-bond acceptors (Lipinski definition) is 2. The Balaban J connectivity index is 2.31. The molecular formula is C17H19F2NO. The average Bonchev–Trinajstić information content (AvgIpc) is 2.44. The summed E-state index contributed by atoms with van der Waals surface area (Å²) in [6.45, 7) is 1.32. The number of rotatable bonds is 5. The second-order valence-corrected chi connectivity index (χ2v) is 5.03. The first-order valence-corrected chi connectivity index (χ1v) is 6.80. The first kappa shape index (κ1) is 15.4. The van der Waals surface area contributed by atoms with Crippen molar-refractivity contribution in [2.75, 3.05) is 7.05 Å². The highest BCUT2D eigenvalue weighted by molar-refractivity contribution is 5.40. The maximum Gasteiger partial charge on any atom is 0.387 e. The maximum atomic E-state index is 12.2. The third-order valence-electron chi connectivity index (χ3n) is 3.47. The predicted octanol–water partition coefficient (Wildman–Crippen LogP) is 4.21. The minimum absolute atomic E-state index is 0.0190. The van der Waals surface area contributed by atoms with Crippen LogP contribution in [0, 0.1) is 13.8 Å². The van der Waals surface area contributed by atoms with Gasteiger partial charge in [0.25, 0.3) is 0 Å². The summed E-state index contributed by atoms with van der Waals surface area (Å²) in [4.78, 5) is 0. The molecule has 2 rings (SSSR count). The fraction of sp³-hybridized carbons (Fsp3) is 0.294. The lowest BCUT2D eigenvalue weighted by Gasteiger charge is -2.20. The molecule has 4 heteroatoms. The average molecular weight is 291 g/mol. The fourth-order valence-electron chi connectivity index (χ4n) is 2.41. The Hall–Kier alpha value is -1.94. The molecule has 0 aliphatic carbocycles. The van der Waals surface area contributed by atoms with Crippen molar-refractivity contribution in [1.82, 2.24) is 5.32 Å². The van der Waals surface area contributed by atoms with Crippen LogP contribution in [0.5, 0.6) is 5.75 Å². The molecule has 21 heavy (non-hydrogen) atoms. The van der Waals surface area contributed by atoms with Gasteiger partial charge in [-0.3, -0.25) is 0 Å². The van der Waals surface area contributed by atoms with Gasteiger partial charge in [0.2, 0.25) is 0 Å². The van der Waals surface area contributed by atoms with Crippen molar-refractivity contribution in [1.29, 1.82) is 0 Å². The fourth-order valence-corrected chi connectivity index (χ4v) is 2.41. The summed E-state index contributed by atoms with van der Waals surface area (Å²) in [7, 11) is 1.88. The molecule has 1 unspecified atom stereocenters. The van der Waals surface area contributed by atoms with E-state index in [0.29, 0.717) is 0 Å². The van der Waals surface area contributed by atoms with Crippen molar-refractivity contribution in [2.45, 2.75) is 26.5 Å². The van der Waals surface area contributed by atoms with E-state index in [1.54, 1.807) is 24.3 Å². The number of ether oxygens (including phenoxy) is 1. The number of benzene rings is 2. The Labute approximate surface area is 123 Å². The van der Waals surface area contributed by atoms with E-state index >= 15 is 0 Å². The number of hydrogen-bond donors (Lipinski definition) is 1. The van der Waals surface area contributed by atoms with Crippen LogP contribution in [0.1, 0.15) is 28.3 Å². The molecule has 0 bridgehead atoms. The van der Waals surface area contributed by atoms with Gasteiger partial charge in [-0.2, -0.15) is 8.78 Å². The molecule has 112 valence electrons. The zero-order chi connectivity index (χ0) is 15.4. The van der Waals surface area contributed by atoms with Crippen LogP contribution in [0.25, 0.3) is 0 Å². The van der Waals surface area contributed by atoms with Crippen LogP contribution in [-0.2, 0) is 0 Å². The van der Waals surface area contributed by atoms with Gasteiger partial charge in [-0.15, -0.1) is 0 Å². The van der Waals surface area contributed by atoms with Crippen LogP contribution in [0.3, 0.4) is 0 Å². The standard InChI is InChI=1S/C17H19F2NO/c1-11-4-5-12(2)15(10-11)16(20-3)13-6-8-14(9-7-13)21-17(18)19/h4-10,16-17,20H,1-3H3. The van der Waals surface area contributed by atoms with Gasteiger partial charge in [0.15, 0.2) is 0 Å². The topological polar surface area (TPSA) is 21.3 Å². The lowest BCUT2D eigenvalue weighted by atomic mass is 9.93. The van der Waals surface area contributed by atoms with Crippen LogP contribution >= 0.6 is 0 Å². The quantitative estimate of drug-likeness (QED) is 0.891. The molecule has 0 aliphatic rings. The van der Waals surface area contributed by atoms with Gasteiger partial charge in [-0.25, -0.2) is 0 Å². The lowest BCUT2D eigenvalue weighted by Crippen LogP contribution is -2.18. The highest BCUT2D eigenvalue weighted by Crippen LogP contribution is 2.27. The summed E-state index contributed by atoms with van der Waals surface area (Å²) in [5, 5.41) is 3.27. The minimum Gasteiger partial charge on any atom is -0.435 e. The van der Waals surface area contributed by atoms with Crippen LogP contribution in [0.4, 0.5) is 8.78 Å². The summed E-state index contributed by atoms with van der Waals surface area (Å²) in [5.74, 6) is 0.171. The Morgan fingerprint density at radius 2 is 1.67 bits per heavy atom. The van der Waals surface area contributed by atoms with Crippen LogP contribution in [-0.4, -0.2) is 13.7 Å². The molecule has 1 N–H and O–H groups in total. The van der Waals surface area contributed by atoms with Gasteiger partial charge in [-0.1, -0.05) is 35.9 Å². The van der Waals surface area contributed by atoms with Gasteiger partial charge in [-0.05, 0) is 49.7 Å². The Kier molecular flexibility index (Phi) is 4.91. The van der Waals surface area contributed by atoms with Gasteiger partial charge in [0, 0.05) is 0 Å². The molecule has 0 aliphatic heterocycles. The Morgan fingerprint density at radius 1 is 1.00 bits per heavy atom. The summed E-state index contributed by atoms with van der Waals surface area (Å²) in [6.07, 6.45) is 0. The largest absolute Gasteiger partial charge is 0.435 e. The normalized spacial score (nSPS) is 12.5. The summed E-state index contributed by atoms with van der Waals surface area (Å²) in [5.41, 5.74) is 4.56. The van der Waals surface area contributed by atoms with Crippen LogP contribution in [0.2, 0.25) is 0 Å². The lowest BCUT2D eigenvalue weighted by molar-refractivity contribution is -0.0498. The molecule has 2 nitrogen and oxygen atoms in total. The van der Waals surface area contributed by atoms with Crippen molar-refractivity contribution < 1.29 is 13.5 Å². The van der Waals surface area contributed by atoms with Crippen molar-refractivity contribution in [3.05, 3.63) is 64.7 Å². The molecule has 0 saturated carbocycles. The van der Waals surface area contributed by atoms with E-state index in [2.05, 4.69) is 42.1 Å². The minimum atomic E-state index is -2.80. The zero-order valence-electron chi connectivity index (χ0n) is 12.4. The number of alkyl halides is 2. The van der Waals surface area contributed by atoms with Crippen LogP contribution in [0.15, 0.2) is 42.5 Å². The predicted molar refractivity (Wildman–Crippen MR) is 79.9 cm³/mol. The van der Waals surface area contributed by atoms with E-state index in [-0.39, 0.29) is 11.8 Å². The van der Waals surface area contributed by atoms with Crippen molar-refractivity contribution >= 4 is 0 Å². The molecule has 0 heterocycles. The van der Waals surface area contributed by atoms with Gasteiger partial charge < -0.3 is 10.1 Å². The van der Waals surface area contributed by atoms with Crippen LogP contribution < -0.4 is 10.1 Å². The molecule has 1 atom stereocenters. The van der Waals surface area contributed by atoms with Gasteiger partial charge in [0.05, 0.1) is 6.04 Å². The third kappa shape index (κ3) is 3.79. The molecule has 0 aromatic heterocycles. The highest BCUT2D eigenvalue weighted by atomic mass is 19.3. The second kappa shape index (κ2) is 6.68. The molecule has 2 aromatic carbocycles.